The molecule has 0 bridgehead atoms. The highest BCUT2D eigenvalue weighted by atomic mass is 32.1. The molecule has 0 saturated heterocycles. The number of aromatic nitrogens is 3. The predicted molar refractivity (Wildman–Crippen MR) is 69.8 cm³/mol. The molecular formula is C12H11N3O2S. The lowest BCUT2D eigenvalue weighted by atomic mass is 10.2. The molecule has 3 heterocycles. The van der Waals surface area contributed by atoms with Crippen molar-refractivity contribution in [3.05, 3.63) is 33.6 Å². The SMILES string of the molecule is CCn1nc(-c2cccs2)c2c(C)onc2c1=O. The summed E-state index contributed by atoms with van der Waals surface area (Å²) in [5, 5.41) is 11.0. The number of hydrogen-bond donors (Lipinski definition) is 0. The second-order valence-corrected chi connectivity index (χ2v) is 4.86. The zero-order valence-corrected chi connectivity index (χ0v) is 10.8. The minimum absolute atomic E-state index is 0.204. The first-order valence-corrected chi connectivity index (χ1v) is 6.51. The van der Waals surface area contributed by atoms with Gasteiger partial charge in [-0.2, -0.15) is 5.10 Å². The quantitative estimate of drug-likeness (QED) is 0.711. The monoisotopic (exact) mass is 261 g/mol. The summed E-state index contributed by atoms with van der Waals surface area (Å²) in [6, 6.07) is 3.93. The molecule has 0 radical (unpaired) electrons. The highest BCUT2D eigenvalue weighted by Gasteiger charge is 2.18. The van der Waals surface area contributed by atoms with Crippen molar-refractivity contribution in [3.63, 3.8) is 0 Å². The zero-order chi connectivity index (χ0) is 12.7. The van der Waals surface area contributed by atoms with Gasteiger partial charge >= 0.3 is 0 Å². The lowest BCUT2D eigenvalue weighted by Gasteiger charge is -2.04. The maximum Gasteiger partial charge on any atom is 0.296 e. The number of aryl methyl sites for hydroxylation is 2. The molecule has 0 fully saturated rings. The average molecular weight is 261 g/mol. The van der Waals surface area contributed by atoms with E-state index in [1.54, 1.807) is 18.3 Å². The maximum absolute atomic E-state index is 12.1. The Morgan fingerprint density at radius 2 is 2.33 bits per heavy atom. The molecule has 3 rings (SSSR count). The molecule has 0 saturated carbocycles. The Balaban J connectivity index is 2.47. The third-order valence-electron chi connectivity index (χ3n) is 2.81. The van der Waals surface area contributed by atoms with Gasteiger partial charge in [-0.25, -0.2) is 4.68 Å². The Morgan fingerprint density at radius 1 is 1.50 bits per heavy atom. The first-order chi connectivity index (χ1) is 8.72. The van der Waals surface area contributed by atoms with Gasteiger partial charge in [-0.1, -0.05) is 11.2 Å². The van der Waals surface area contributed by atoms with Crippen LogP contribution in [0, 0.1) is 6.92 Å². The van der Waals surface area contributed by atoms with Crippen molar-refractivity contribution in [1.82, 2.24) is 14.9 Å². The summed E-state index contributed by atoms with van der Waals surface area (Å²) < 4.78 is 6.55. The normalized spacial score (nSPS) is 11.2. The predicted octanol–water partition coefficient (Wildman–Crippen LogP) is 2.44. The van der Waals surface area contributed by atoms with Crippen LogP contribution in [0.2, 0.25) is 0 Å². The molecule has 0 N–H and O–H groups in total. The van der Waals surface area contributed by atoms with Crippen molar-refractivity contribution in [2.24, 2.45) is 0 Å². The Hall–Kier alpha value is -1.95. The van der Waals surface area contributed by atoms with Crippen molar-refractivity contribution < 1.29 is 4.52 Å². The Morgan fingerprint density at radius 3 is 3.00 bits per heavy atom. The van der Waals surface area contributed by atoms with E-state index < -0.39 is 0 Å². The molecule has 0 atom stereocenters. The molecule has 6 heteroatoms. The summed E-state index contributed by atoms with van der Waals surface area (Å²) in [5.41, 5.74) is 0.914. The Kier molecular flexibility index (Phi) is 2.52. The van der Waals surface area contributed by atoms with Gasteiger partial charge in [-0.05, 0) is 25.3 Å². The van der Waals surface area contributed by atoms with Gasteiger partial charge in [-0.15, -0.1) is 11.3 Å². The van der Waals surface area contributed by atoms with E-state index in [0.29, 0.717) is 23.2 Å². The minimum Gasteiger partial charge on any atom is -0.360 e. The number of nitrogens with zero attached hydrogens (tertiary/aromatic N) is 3. The van der Waals surface area contributed by atoms with Crippen molar-refractivity contribution in [2.45, 2.75) is 20.4 Å². The smallest absolute Gasteiger partial charge is 0.296 e. The molecule has 0 aliphatic carbocycles. The summed E-state index contributed by atoms with van der Waals surface area (Å²) in [7, 11) is 0. The van der Waals surface area contributed by atoms with E-state index in [1.807, 2.05) is 24.4 Å². The van der Waals surface area contributed by atoms with Crippen LogP contribution in [0.1, 0.15) is 12.7 Å². The van der Waals surface area contributed by atoms with Crippen LogP contribution < -0.4 is 5.56 Å². The van der Waals surface area contributed by atoms with Crippen LogP contribution >= 0.6 is 11.3 Å². The van der Waals surface area contributed by atoms with Gasteiger partial charge in [0.2, 0.25) is 0 Å². The fourth-order valence-electron chi connectivity index (χ4n) is 1.94. The molecule has 0 unspecified atom stereocenters. The minimum atomic E-state index is -0.204. The van der Waals surface area contributed by atoms with Crippen molar-refractivity contribution in [2.75, 3.05) is 0 Å². The molecule has 0 aliphatic heterocycles. The van der Waals surface area contributed by atoms with Gasteiger partial charge in [0.05, 0.1) is 10.3 Å². The van der Waals surface area contributed by atoms with Crippen molar-refractivity contribution in [3.8, 4) is 10.6 Å². The lowest BCUT2D eigenvalue weighted by molar-refractivity contribution is 0.405. The number of fused-ring (bicyclic) bond motifs is 1. The standard InChI is InChI=1S/C12H11N3O2S/c1-3-15-12(16)11-9(7(2)17-14-11)10(13-15)8-5-4-6-18-8/h4-6H,3H2,1-2H3. The molecule has 92 valence electrons. The molecule has 3 aromatic rings. The van der Waals surface area contributed by atoms with E-state index in [4.69, 9.17) is 4.52 Å². The van der Waals surface area contributed by atoms with Crippen molar-refractivity contribution >= 4 is 22.2 Å². The van der Waals surface area contributed by atoms with Gasteiger partial charge in [-0.3, -0.25) is 4.79 Å². The molecule has 3 aromatic heterocycles. The second kappa shape index (κ2) is 4.06. The fourth-order valence-corrected chi connectivity index (χ4v) is 2.65. The van der Waals surface area contributed by atoms with E-state index >= 15 is 0 Å². The molecular weight excluding hydrogens is 250 g/mol. The molecule has 0 spiro atoms. The first kappa shape index (κ1) is 11.2. The second-order valence-electron chi connectivity index (χ2n) is 3.91. The van der Waals surface area contributed by atoms with Gasteiger partial charge in [0.1, 0.15) is 11.5 Å². The molecule has 18 heavy (non-hydrogen) atoms. The Bertz CT molecular complexity index is 756. The van der Waals surface area contributed by atoms with Gasteiger partial charge in [0, 0.05) is 6.54 Å². The highest BCUT2D eigenvalue weighted by Crippen LogP contribution is 2.30. The van der Waals surface area contributed by atoms with Crippen LogP contribution in [0.25, 0.3) is 21.5 Å². The van der Waals surface area contributed by atoms with Gasteiger partial charge in [0.25, 0.3) is 5.56 Å². The van der Waals surface area contributed by atoms with Crippen LogP contribution in [0.15, 0.2) is 26.8 Å². The van der Waals surface area contributed by atoms with E-state index in [9.17, 15) is 4.79 Å². The Labute approximate surface area is 107 Å². The molecule has 0 amide bonds. The van der Waals surface area contributed by atoms with E-state index in [1.165, 1.54) is 4.68 Å². The van der Waals surface area contributed by atoms with Crippen LogP contribution in [0.4, 0.5) is 0 Å². The average Bonchev–Trinajstić information content (AvgIpc) is 3.01. The van der Waals surface area contributed by atoms with Crippen LogP contribution in [-0.4, -0.2) is 14.9 Å². The van der Waals surface area contributed by atoms with Crippen LogP contribution in [0.3, 0.4) is 0 Å². The van der Waals surface area contributed by atoms with Crippen molar-refractivity contribution in [1.29, 1.82) is 0 Å². The third kappa shape index (κ3) is 1.49. The highest BCUT2D eigenvalue weighted by molar-refractivity contribution is 7.13. The van der Waals surface area contributed by atoms with E-state index in [-0.39, 0.29) is 5.56 Å². The third-order valence-corrected chi connectivity index (χ3v) is 3.69. The van der Waals surface area contributed by atoms with E-state index in [0.717, 1.165) is 10.6 Å². The molecule has 0 aliphatic rings. The summed E-state index contributed by atoms with van der Waals surface area (Å²) in [4.78, 5) is 13.1. The molecule has 5 nitrogen and oxygen atoms in total. The summed E-state index contributed by atoms with van der Waals surface area (Å²) in [6.45, 7) is 4.19. The number of thiophene rings is 1. The summed E-state index contributed by atoms with van der Waals surface area (Å²) >= 11 is 1.58. The summed E-state index contributed by atoms with van der Waals surface area (Å²) in [5.74, 6) is 0.626. The zero-order valence-electron chi connectivity index (χ0n) is 10.0. The number of hydrogen-bond acceptors (Lipinski definition) is 5. The van der Waals surface area contributed by atoms with Gasteiger partial charge < -0.3 is 4.52 Å². The van der Waals surface area contributed by atoms with E-state index in [2.05, 4.69) is 10.3 Å². The topological polar surface area (TPSA) is 60.9 Å². The van der Waals surface area contributed by atoms with Crippen LogP contribution in [-0.2, 0) is 6.54 Å². The maximum atomic E-state index is 12.1. The largest absolute Gasteiger partial charge is 0.360 e. The first-order valence-electron chi connectivity index (χ1n) is 5.63. The lowest BCUT2D eigenvalue weighted by Crippen LogP contribution is -2.22. The fraction of sp³-hybridized carbons (Fsp3) is 0.250. The van der Waals surface area contributed by atoms with Gasteiger partial charge in [0.15, 0.2) is 5.52 Å². The molecule has 0 aromatic carbocycles. The summed E-state index contributed by atoms with van der Waals surface area (Å²) in [6.07, 6.45) is 0. The van der Waals surface area contributed by atoms with Crippen LogP contribution in [0.5, 0.6) is 0 Å². The number of rotatable bonds is 2.